The summed E-state index contributed by atoms with van der Waals surface area (Å²) in [5, 5.41) is 0. The average Bonchev–Trinajstić information content (AvgIpc) is 1.63. The Balaban J connectivity index is 4.17. The van der Waals surface area contributed by atoms with Crippen molar-refractivity contribution in [1.82, 2.24) is 0 Å². The molecule has 0 aromatic rings. The minimum atomic E-state index is -0.767. The lowest BCUT2D eigenvalue weighted by Crippen LogP contribution is -2.14. The van der Waals surface area contributed by atoms with Gasteiger partial charge >= 0.3 is 0 Å². The highest BCUT2D eigenvalue weighted by atomic mass is 32.1. The van der Waals surface area contributed by atoms with Crippen LogP contribution in [0.25, 0.3) is 0 Å². The van der Waals surface area contributed by atoms with Gasteiger partial charge in [-0.25, -0.2) is 0 Å². The molecule has 0 rings (SSSR count). The van der Waals surface area contributed by atoms with Gasteiger partial charge in [-0.05, 0) is 0 Å². The summed E-state index contributed by atoms with van der Waals surface area (Å²) < 4.78 is 0. The molecule has 50 valence electrons. The first-order valence-corrected chi connectivity index (χ1v) is 2.48. The number of hydrogen-bond acceptors (Lipinski definition) is 3. The summed E-state index contributed by atoms with van der Waals surface area (Å²) in [7, 11) is 0. The van der Waals surface area contributed by atoms with Gasteiger partial charge in [0, 0.05) is 6.08 Å². The van der Waals surface area contributed by atoms with E-state index in [0.29, 0.717) is 0 Å². The Morgan fingerprint density at radius 1 is 1.33 bits per heavy atom. The Morgan fingerprint density at radius 2 is 1.78 bits per heavy atom. The molecule has 0 aliphatic rings. The normalized spacial score (nSPS) is 11.0. The van der Waals surface area contributed by atoms with Gasteiger partial charge in [-0.15, -0.1) is 12.6 Å². The van der Waals surface area contributed by atoms with E-state index < -0.39 is 11.8 Å². The van der Waals surface area contributed by atoms with E-state index in [1.165, 1.54) is 0 Å². The van der Waals surface area contributed by atoms with Crippen molar-refractivity contribution in [3.63, 3.8) is 0 Å². The zero-order valence-electron chi connectivity index (χ0n) is 4.50. The third-order valence-electron chi connectivity index (χ3n) is 0.531. The van der Waals surface area contributed by atoms with Crippen molar-refractivity contribution in [2.24, 2.45) is 11.5 Å². The highest BCUT2D eigenvalue weighted by Gasteiger charge is 1.98. The number of primary amides is 2. The van der Waals surface area contributed by atoms with Crippen molar-refractivity contribution in [3.05, 3.63) is 11.0 Å². The summed E-state index contributed by atoms with van der Waals surface area (Å²) in [6.45, 7) is 0. The maximum absolute atomic E-state index is 10.1. The van der Waals surface area contributed by atoms with E-state index in [-0.39, 0.29) is 4.91 Å². The molecule has 0 spiro atoms. The number of carbonyl (C=O) groups excluding carboxylic acids is 2. The zero-order chi connectivity index (χ0) is 7.44. The average molecular weight is 146 g/mol. The molecule has 4 N–H and O–H groups in total. The molecule has 4 nitrogen and oxygen atoms in total. The fraction of sp³-hybridized carbons (Fsp3) is 0. The topological polar surface area (TPSA) is 86.2 Å². The standard InChI is InChI=1S/C4H6N2O2S/c5-3(7)1-2(9)4(6)8/h1,9H,(H2,5,7)(H2,6,8)/b2-1+. The largest absolute Gasteiger partial charge is 0.366 e. The van der Waals surface area contributed by atoms with Gasteiger partial charge in [-0.2, -0.15) is 0 Å². The Morgan fingerprint density at radius 3 is 1.89 bits per heavy atom. The van der Waals surface area contributed by atoms with E-state index in [1.807, 2.05) is 0 Å². The molecular weight excluding hydrogens is 140 g/mol. The van der Waals surface area contributed by atoms with Crippen molar-refractivity contribution in [2.45, 2.75) is 0 Å². The quantitative estimate of drug-likeness (QED) is 0.336. The van der Waals surface area contributed by atoms with Crippen LogP contribution in [0.15, 0.2) is 11.0 Å². The van der Waals surface area contributed by atoms with Crippen molar-refractivity contribution >= 4 is 24.4 Å². The molecule has 0 aliphatic heterocycles. The zero-order valence-corrected chi connectivity index (χ0v) is 5.39. The minimum absolute atomic E-state index is 0.137. The molecule has 5 heteroatoms. The van der Waals surface area contributed by atoms with Gasteiger partial charge in [0.2, 0.25) is 5.91 Å². The van der Waals surface area contributed by atoms with Crippen LogP contribution in [0, 0.1) is 0 Å². The van der Waals surface area contributed by atoms with Gasteiger partial charge in [-0.3, -0.25) is 9.59 Å². The number of thiol groups is 1. The summed E-state index contributed by atoms with van der Waals surface area (Å²) in [5.74, 6) is -1.50. The first-order chi connectivity index (χ1) is 4.04. The van der Waals surface area contributed by atoms with Gasteiger partial charge in [-0.1, -0.05) is 0 Å². The fourth-order valence-electron chi connectivity index (χ4n) is 0.206. The number of amides is 2. The number of carbonyl (C=O) groups is 2. The van der Waals surface area contributed by atoms with Gasteiger partial charge in [0.25, 0.3) is 5.91 Å². The molecule has 9 heavy (non-hydrogen) atoms. The van der Waals surface area contributed by atoms with Crippen LogP contribution in [-0.2, 0) is 9.59 Å². The maximum atomic E-state index is 10.1. The van der Waals surface area contributed by atoms with Gasteiger partial charge < -0.3 is 11.5 Å². The lowest BCUT2D eigenvalue weighted by atomic mass is 10.4. The second-order valence-electron chi connectivity index (χ2n) is 1.30. The van der Waals surface area contributed by atoms with E-state index in [1.54, 1.807) is 0 Å². The molecule has 0 saturated heterocycles. The van der Waals surface area contributed by atoms with Gasteiger partial charge in [0.1, 0.15) is 0 Å². The number of hydrogen-bond donors (Lipinski definition) is 3. The highest BCUT2D eigenvalue weighted by molar-refractivity contribution is 7.85. The Labute approximate surface area is 57.3 Å². The van der Waals surface area contributed by atoms with E-state index in [2.05, 4.69) is 18.4 Å². The lowest BCUT2D eigenvalue weighted by molar-refractivity contribution is -0.116. The van der Waals surface area contributed by atoms with E-state index in [9.17, 15) is 9.59 Å². The molecule has 2 amide bonds. The van der Waals surface area contributed by atoms with Crippen LogP contribution >= 0.6 is 12.6 Å². The van der Waals surface area contributed by atoms with Crippen LogP contribution in [0.3, 0.4) is 0 Å². The summed E-state index contributed by atoms with van der Waals surface area (Å²) in [5.41, 5.74) is 9.35. The van der Waals surface area contributed by atoms with E-state index in [0.717, 1.165) is 6.08 Å². The molecular formula is C4H6N2O2S. The summed E-state index contributed by atoms with van der Waals surface area (Å²) in [6, 6.07) is 0. The molecule has 0 fully saturated rings. The molecule has 0 bridgehead atoms. The van der Waals surface area contributed by atoms with Crippen LogP contribution in [0.5, 0.6) is 0 Å². The SMILES string of the molecule is NC(=O)/C=C(/S)C(N)=O. The van der Waals surface area contributed by atoms with E-state index >= 15 is 0 Å². The summed E-state index contributed by atoms with van der Waals surface area (Å²) >= 11 is 3.55. The molecule has 0 atom stereocenters. The molecule has 0 aromatic heterocycles. The number of nitrogens with two attached hydrogens (primary N) is 2. The van der Waals surface area contributed by atoms with Crippen LogP contribution in [0.2, 0.25) is 0 Å². The van der Waals surface area contributed by atoms with Crippen LogP contribution in [-0.4, -0.2) is 11.8 Å². The minimum Gasteiger partial charge on any atom is -0.366 e. The molecule has 0 radical (unpaired) electrons. The van der Waals surface area contributed by atoms with Crippen LogP contribution in [0.1, 0.15) is 0 Å². The number of rotatable bonds is 2. The first kappa shape index (κ1) is 8.03. The van der Waals surface area contributed by atoms with Crippen LogP contribution < -0.4 is 11.5 Å². The molecule has 0 saturated carbocycles. The predicted molar refractivity (Wildman–Crippen MR) is 35.5 cm³/mol. The molecule has 0 aromatic carbocycles. The highest BCUT2D eigenvalue weighted by Crippen LogP contribution is 1.95. The fourth-order valence-corrected chi connectivity index (χ4v) is 0.333. The monoisotopic (exact) mass is 146 g/mol. The second kappa shape index (κ2) is 3.13. The Bertz CT molecular complexity index is 175. The lowest BCUT2D eigenvalue weighted by Gasteiger charge is -1.87. The smallest absolute Gasteiger partial charge is 0.255 e. The van der Waals surface area contributed by atoms with Gasteiger partial charge in [0.15, 0.2) is 0 Å². The third-order valence-corrected chi connectivity index (χ3v) is 0.881. The van der Waals surface area contributed by atoms with Gasteiger partial charge in [0.05, 0.1) is 4.91 Å². The van der Waals surface area contributed by atoms with Crippen molar-refractivity contribution in [3.8, 4) is 0 Å². The molecule has 0 heterocycles. The summed E-state index contributed by atoms with van der Waals surface area (Å²) in [4.78, 5) is 20.0. The Hall–Kier alpha value is -0.970. The second-order valence-corrected chi connectivity index (χ2v) is 1.78. The molecule has 0 unspecified atom stereocenters. The predicted octanol–water partition coefficient (Wildman–Crippen LogP) is -1.23. The van der Waals surface area contributed by atoms with Crippen molar-refractivity contribution in [1.29, 1.82) is 0 Å². The maximum Gasteiger partial charge on any atom is 0.255 e. The van der Waals surface area contributed by atoms with Crippen molar-refractivity contribution in [2.75, 3.05) is 0 Å². The van der Waals surface area contributed by atoms with Crippen LogP contribution in [0.4, 0.5) is 0 Å². The van der Waals surface area contributed by atoms with Crippen molar-refractivity contribution < 1.29 is 9.59 Å². The van der Waals surface area contributed by atoms with E-state index in [4.69, 9.17) is 5.73 Å². The first-order valence-electron chi connectivity index (χ1n) is 2.04. The summed E-state index contributed by atoms with van der Waals surface area (Å²) in [6.07, 6.45) is 0.853. The Kier molecular flexibility index (Phi) is 2.80. The third kappa shape index (κ3) is 3.60. The molecule has 0 aliphatic carbocycles.